The number of hydrogen-bond donors (Lipinski definition) is 0. The molecule has 0 aromatic rings. The standard InChI is InChI=1S/C10H15NO6/c1-15-6-11(10(14)16-2)8-7(5-12)3-4-17-9(8)13/h5,7-8H,3-4,6H2,1-2H3/t7-,8-/m0/s1. The molecule has 0 radical (unpaired) electrons. The molecule has 96 valence electrons. The summed E-state index contributed by atoms with van der Waals surface area (Å²) in [6.45, 7) is 0.0392. The molecule has 17 heavy (non-hydrogen) atoms. The van der Waals surface area contributed by atoms with E-state index in [1.54, 1.807) is 0 Å². The number of aldehydes is 1. The molecule has 1 aliphatic rings. The summed E-state index contributed by atoms with van der Waals surface area (Å²) in [5, 5.41) is 0. The predicted molar refractivity (Wildman–Crippen MR) is 55.0 cm³/mol. The molecule has 1 amide bonds. The van der Waals surface area contributed by atoms with Crippen LogP contribution in [0.1, 0.15) is 6.42 Å². The minimum absolute atomic E-state index is 0.142. The van der Waals surface area contributed by atoms with Gasteiger partial charge in [-0.3, -0.25) is 4.90 Å². The van der Waals surface area contributed by atoms with Crippen molar-refractivity contribution < 1.29 is 28.6 Å². The lowest BCUT2D eigenvalue weighted by molar-refractivity contribution is -0.161. The molecule has 0 bridgehead atoms. The lowest BCUT2D eigenvalue weighted by atomic mass is 9.95. The highest BCUT2D eigenvalue weighted by atomic mass is 16.6. The van der Waals surface area contributed by atoms with Crippen LogP contribution in [0.25, 0.3) is 0 Å². The van der Waals surface area contributed by atoms with Crippen molar-refractivity contribution in [1.29, 1.82) is 0 Å². The van der Waals surface area contributed by atoms with Crippen molar-refractivity contribution in [2.75, 3.05) is 27.6 Å². The molecule has 7 heteroatoms. The molecule has 1 heterocycles. The van der Waals surface area contributed by atoms with Gasteiger partial charge in [-0.05, 0) is 6.42 Å². The SMILES string of the molecule is COCN(C(=O)OC)[C@@H]1C(=O)OCC[C@H]1C=O. The third kappa shape index (κ3) is 2.94. The molecule has 0 N–H and O–H groups in total. The van der Waals surface area contributed by atoms with E-state index in [2.05, 4.69) is 4.74 Å². The van der Waals surface area contributed by atoms with Gasteiger partial charge in [0.15, 0.2) is 0 Å². The molecule has 1 rings (SSSR count). The van der Waals surface area contributed by atoms with Gasteiger partial charge in [0, 0.05) is 13.0 Å². The molecule has 0 aliphatic carbocycles. The molecular weight excluding hydrogens is 230 g/mol. The Morgan fingerprint density at radius 1 is 1.59 bits per heavy atom. The second-order valence-corrected chi connectivity index (χ2v) is 3.56. The van der Waals surface area contributed by atoms with Gasteiger partial charge in [0.1, 0.15) is 19.1 Å². The maximum Gasteiger partial charge on any atom is 0.412 e. The highest BCUT2D eigenvalue weighted by molar-refractivity contribution is 5.85. The summed E-state index contributed by atoms with van der Waals surface area (Å²) in [4.78, 5) is 35.1. The van der Waals surface area contributed by atoms with Crippen molar-refractivity contribution in [2.24, 2.45) is 5.92 Å². The van der Waals surface area contributed by atoms with Gasteiger partial charge in [-0.25, -0.2) is 9.59 Å². The highest BCUT2D eigenvalue weighted by Gasteiger charge is 2.41. The molecule has 0 unspecified atom stereocenters. The number of nitrogens with zero attached hydrogens (tertiary/aromatic N) is 1. The quantitative estimate of drug-likeness (QED) is 0.387. The van der Waals surface area contributed by atoms with E-state index in [0.29, 0.717) is 12.7 Å². The average molecular weight is 245 g/mol. The summed E-state index contributed by atoms with van der Waals surface area (Å²) < 4.78 is 14.2. The number of ether oxygens (including phenoxy) is 3. The number of methoxy groups -OCH3 is 2. The number of hydrogen-bond acceptors (Lipinski definition) is 6. The Hall–Kier alpha value is -1.63. The van der Waals surface area contributed by atoms with E-state index < -0.39 is 24.0 Å². The summed E-state index contributed by atoms with van der Waals surface area (Å²) in [5.41, 5.74) is 0. The molecule has 0 aromatic heterocycles. The summed E-state index contributed by atoms with van der Waals surface area (Å²) in [6.07, 6.45) is 0.302. The maximum atomic E-state index is 11.6. The van der Waals surface area contributed by atoms with Gasteiger partial charge in [-0.1, -0.05) is 0 Å². The number of carbonyl (C=O) groups excluding carboxylic acids is 3. The van der Waals surface area contributed by atoms with Gasteiger partial charge < -0.3 is 19.0 Å². The fraction of sp³-hybridized carbons (Fsp3) is 0.700. The summed E-state index contributed by atoms with van der Waals surface area (Å²) in [7, 11) is 2.56. The molecule has 0 spiro atoms. The van der Waals surface area contributed by atoms with E-state index in [0.717, 1.165) is 4.90 Å². The lowest BCUT2D eigenvalue weighted by Crippen LogP contribution is -2.53. The summed E-state index contributed by atoms with van der Waals surface area (Å²) >= 11 is 0. The number of carbonyl (C=O) groups is 3. The minimum Gasteiger partial charge on any atom is -0.464 e. The Kier molecular flexibility index (Phi) is 4.89. The first-order valence-corrected chi connectivity index (χ1v) is 5.11. The van der Waals surface area contributed by atoms with Crippen LogP contribution in [-0.4, -0.2) is 56.8 Å². The van der Waals surface area contributed by atoms with Crippen LogP contribution in [0.3, 0.4) is 0 Å². The van der Waals surface area contributed by atoms with Crippen molar-refractivity contribution in [1.82, 2.24) is 4.90 Å². The van der Waals surface area contributed by atoms with Crippen LogP contribution in [0.4, 0.5) is 4.79 Å². The van der Waals surface area contributed by atoms with Crippen molar-refractivity contribution >= 4 is 18.3 Å². The van der Waals surface area contributed by atoms with E-state index in [1.807, 2.05) is 0 Å². The third-order valence-corrected chi connectivity index (χ3v) is 2.53. The molecule has 0 aromatic carbocycles. The zero-order valence-electron chi connectivity index (χ0n) is 9.75. The summed E-state index contributed by atoms with van der Waals surface area (Å²) in [6, 6.07) is -0.978. The number of rotatable bonds is 4. The van der Waals surface area contributed by atoms with Gasteiger partial charge in [0.2, 0.25) is 0 Å². The van der Waals surface area contributed by atoms with Gasteiger partial charge in [-0.2, -0.15) is 0 Å². The Morgan fingerprint density at radius 3 is 2.82 bits per heavy atom. The highest BCUT2D eigenvalue weighted by Crippen LogP contribution is 2.21. The van der Waals surface area contributed by atoms with E-state index in [-0.39, 0.29) is 13.3 Å². The van der Waals surface area contributed by atoms with Crippen LogP contribution in [0.2, 0.25) is 0 Å². The number of esters is 1. The normalized spacial score (nSPS) is 23.8. The molecule has 2 atom stereocenters. The zero-order chi connectivity index (χ0) is 12.8. The molecule has 0 saturated carbocycles. The van der Waals surface area contributed by atoms with Crippen molar-refractivity contribution in [3.8, 4) is 0 Å². The first kappa shape index (κ1) is 13.4. The average Bonchev–Trinajstić information content (AvgIpc) is 2.35. The third-order valence-electron chi connectivity index (χ3n) is 2.53. The Bertz CT molecular complexity index is 305. The van der Waals surface area contributed by atoms with Gasteiger partial charge >= 0.3 is 12.1 Å². The Balaban J connectivity index is 2.91. The van der Waals surface area contributed by atoms with E-state index in [9.17, 15) is 14.4 Å². The molecule has 1 fully saturated rings. The van der Waals surface area contributed by atoms with Gasteiger partial charge in [0.05, 0.1) is 13.7 Å². The molecule has 7 nitrogen and oxygen atoms in total. The van der Waals surface area contributed by atoms with E-state index >= 15 is 0 Å². The number of cyclic esters (lactones) is 1. The maximum absolute atomic E-state index is 11.6. The zero-order valence-corrected chi connectivity index (χ0v) is 9.75. The van der Waals surface area contributed by atoms with Crippen molar-refractivity contribution in [3.05, 3.63) is 0 Å². The second kappa shape index (κ2) is 6.19. The van der Waals surface area contributed by atoms with Crippen LogP contribution in [0.5, 0.6) is 0 Å². The van der Waals surface area contributed by atoms with Crippen LogP contribution < -0.4 is 0 Å². The van der Waals surface area contributed by atoms with Crippen LogP contribution in [-0.2, 0) is 23.8 Å². The predicted octanol–water partition coefficient (Wildman–Crippen LogP) is -0.211. The first-order valence-electron chi connectivity index (χ1n) is 5.11. The van der Waals surface area contributed by atoms with Crippen molar-refractivity contribution in [2.45, 2.75) is 12.5 Å². The fourth-order valence-corrected chi connectivity index (χ4v) is 1.72. The minimum atomic E-state index is -0.978. The van der Waals surface area contributed by atoms with E-state index in [1.165, 1.54) is 14.2 Å². The van der Waals surface area contributed by atoms with Crippen molar-refractivity contribution in [3.63, 3.8) is 0 Å². The van der Waals surface area contributed by atoms with Gasteiger partial charge in [-0.15, -0.1) is 0 Å². The molecule has 1 aliphatic heterocycles. The molecular formula is C10H15NO6. The summed E-state index contributed by atoms with van der Waals surface area (Å²) in [5.74, 6) is -1.21. The first-order chi connectivity index (χ1) is 8.15. The monoisotopic (exact) mass is 245 g/mol. The molecule has 1 saturated heterocycles. The van der Waals surface area contributed by atoms with E-state index in [4.69, 9.17) is 9.47 Å². The second-order valence-electron chi connectivity index (χ2n) is 3.56. The number of amides is 1. The Labute approximate surface area is 98.6 Å². The largest absolute Gasteiger partial charge is 0.464 e. The lowest BCUT2D eigenvalue weighted by Gasteiger charge is -2.34. The smallest absolute Gasteiger partial charge is 0.412 e. The van der Waals surface area contributed by atoms with Gasteiger partial charge in [0.25, 0.3) is 0 Å². The Morgan fingerprint density at radius 2 is 2.29 bits per heavy atom. The fourth-order valence-electron chi connectivity index (χ4n) is 1.72. The van der Waals surface area contributed by atoms with Crippen LogP contribution in [0, 0.1) is 5.92 Å². The van der Waals surface area contributed by atoms with Crippen LogP contribution in [0.15, 0.2) is 0 Å². The van der Waals surface area contributed by atoms with Crippen LogP contribution >= 0.6 is 0 Å². The topological polar surface area (TPSA) is 82.1 Å².